The highest BCUT2D eigenvalue weighted by molar-refractivity contribution is 5.95. The molecule has 0 saturated heterocycles. The Kier molecular flexibility index (Phi) is 5.78. The number of para-hydroxylation sites is 1. The molecule has 0 aliphatic rings. The Hall–Kier alpha value is -3.68. The topological polar surface area (TPSA) is 109 Å². The molecule has 27 heavy (non-hydrogen) atoms. The molecule has 3 aromatic rings. The highest BCUT2D eigenvalue weighted by Crippen LogP contribution is 2.17. The van der Waals surface area contributed by atoms with Crippen LogP contribution in [0.4, 0.5) is 0 Å². The molecule has 0 atom stereocenters. The maximum atomic E-state index is 12.2. The Morgan fingerprint density at radius 3 is 2.56 bits per heavy atom. The molecule has 0 fully saturated rings. The number of rotatable bonds is 7. The summed E-state index contributed by atoms with van der Waals surface area (Å²) in [5.74, 6) is -0.976. The van der Waals surface area contributed by atoms with Crippen molar-refractivity contribution in [3.63, 3.8) is 0 Å². The second-order valence-electron chi connectivity index (χ2n) is 5.75. The van der Waals surface area contributed by atoms with Gasteiger partial charge < -0.3 is 15.7 Å². The monoisotopic (exact) mass is 365 g/mol. The Morgan fingerprint density at radius 2 is 1.81 bits per heavy atom. The first-order chi connectivity index (χ1) is 13.1. The van der Waals surface area contributed by atoms with Crippen molar-refractivity contribution < 1.29 is 14.7 Å². The largest absolute Gasteiger partial charge is 0.504 e. The van der Waals surface area contributed by atoms with Gasteiger partial charge in [-0.2, -0.15) is 5.10 Å². The molecule has 138 valence electrons. The van der Waals surface area contributed by atoms with Crippen LogP contribution < -0.4 is 10.6 Å². The average molecular weight is 365 g/mol. The summed E-state index contributed by atoms with van der Waals surface area (Å²) in [6.45, 7) is 0.459. The molecule has 0 radical (unpaired) electrons. The quantitative estimate of drug-likeness (QED) is 0.586. The van der Waals surface area contributed by atoms with Gasteiger partial charge in [-0.15, -0.1) is 0 Å². The highest BCUT2D eigenvalue weighted by atomic mass is 16.3. The number of amides is 2. The van der Waals surface area contributed by atoms with Crippen molar-refractivity contribution in [1.82, 2.24) is 25.4 Å². The minimum Gasteiger partial charge on any atom is -0.504 e. The molecular weight excluding hydrogens is 346 g/mol. The van der Waals surface area contributed by atoms with E-state index in [2.05, 4.69) is 20.7 Å². The van der Waals surface area contributed by atoms with Crippen LogP contribution in [0.25, 0.3) is 5.69 Å². The summed E-state index contributed by atoms with van der Waals surface area (Å²) in [4.78, 5) is 28.1. The zero-order chi connectivity index (χ0) is 19.1. The first kappa shape index (κ1) is 18.1. The van der Waals surface area contributed by atoms with E-state index in [1.165, 1.54) is 10.9 Å². The fraction of sp³-hybridized carbons (Fsp3) is 0.158. The van der Waals surface area contributed by atoms with Crippen LogP contribution in [0.15, 0.2) is 60.9 Å². The van der Waals surface area contributed by atoms with Gasteiger partial charge in [0.15, 0.2) is 11.4 Å². The van der Waals surface area contributed by atoms with Crippen LogP contribution in [0, 0.1) is 0 Å². The molecule has 2 amide bonds. The van der Waals surface area contributed by atoms with Crippen LogP contribution in [0.2, 0.25) is 0 Å². The number of pyridine rings is 1. The first-order valence-electron chi connectivity index (χ1n) is 8.42. The lowest BCUT2D eigenvalue weighted by molar-refractivity contribution is -0.121. The van der Waals surface area contributed by atoms with E-state index in [1.54, 1.807) is 24.4 Å². The molecule has 0 aliphatic heterocycles. The zero-order valence-electron chi connectivity index (χ0n) is 14.5. The minimum atomic E-state index is -0.542. The van der Waals surface area contributed by atoms with E-state index in [9.17, 15) is 14.7 Å². The van der Waals surface area contributed by atoms with Gasteiger partial charge in [0.2, 0.25) is 5.91 Å². The normalized spacial score (nSPS) is 10.4. The number of hydrogen-bond acceptors (Lipinski definition) is 5. The summed E-state index contributed by atoms with van der Waals surface area (Å²) in [6.07, 6.45) is 3.13. The molecular formula is C19H19N5O3. The first-order valence-corrected chi connectivity index (χ1v) is 8.42. The lowest BCUT2D eigenvalue weighted by Gasteiger charge is -2.06. The average Bonchev–Trinajstić information content (AvgIpc) is 3.09. The van der Waals surface area contributed by atoms with Crippen LogP contribution in [-0.2, 0) is 11.3 Å². The fourth-order valence-corrected chi connectivity index (χ4v) is 2.39. The molecule has 0 spiro atoms. The summed E-state index contributed by atoms with van der Waals surface area (Å²) in [5.41, 5.74) is 1.39. The van der Waals surface area contributed by atoms with Gasteiger partial charge in [0.25, 0.3) is 5.91 Å². The standard InChI is InChI=1S/C19H19N5O3/c25-16-13-24(15-7-2-1-3-8-15)23-18(16)19(27)21-11-9-17(26)22-12-14-6-4-5-10-20-14/h1-8,10,13,25H,9,11-12H2,(H,21,27)(H,22,26). The van der Waals surface area contributed by atoms with E-state index in [-0.39, 0.29) is 30.3 Å². The lowest BCUT2D eigenvalue weighted by atomic mass is 10.3. The number of aromatic nitrogens is 3. The van der Waals surface area contributed by atoms with E-state index in [4.69, 9.17) is 0 Å². The van der Waals surface area contributed by atoms with Crippen molar-refractivity contribution in [2.75, 3.05) is 6.54 Å². The van der Waals surface area contributed by atoms with E-state index in [0.29, 0.717) is 6.54 Å². The second kappa shape index (κ2) is 8.61. The minimum absolute atomic E-state index is 0.0900. The maximum absolute atomic E-state index is 12.2. The van der Waals surface area contributed by atoms with Crippen molar-refractivity contribution in [2.45, 2.75) is 13.0 Å². The van der Waals surface area contributed by atoms with Gasteiger partial charge in [-0.05, 0) is 24.3 Å². The number of aromatic hydroxyl groups is 1. The molecule has 0 unspecified atom stereocenters. The molecule has 8 nitrogen and oxygen atoms in total. The molecule has 2 heterocycles. The number of hydrogen-bond donors (Lipinski definition) is 3. The van der Waals surface area contributed by atoms with Gasteiger partial charge in [0.05, 0.1) is 24.1 Å². The predicted molar refractivity (Wildman–Crippen MR) is 98.3 cm³/mol. The number of nitrogens with zero attached hydrogens (tertiary/aromatic N) is 3. The molecule has 3 N–H and O–H groups in total. The second-order valence-corrected chi connectivity index (χ2v) is 5.75. The molecule has 0 saturated carbocycles. The van der Waals surface area contributed by atoms with Crippen LogP contribution >= 0.6 is 0 Å². The van der Waals surface area contributed by atoms with E-state index < -0.39 is 5.91 Å². The van der Waals surface area contributed by atoms with Gasteiger partial charge in [-0.1, -0.05) is 24.3 Å². The maximum Gasteiger partial charge on any atom is 0.275 e. The van der Waals surface area contributed by atoms with Crippen LogP contribution in [0.1, 0.15) is 22.6 Å². The van der Waals surface area contributed by atoms with E-state index in [0.717, 1.165) is 11.4 Å². The summed E-state index contributed by atoms with van der Waals surface area (Å²) in [5, 5.41) is 19.4. The zero-order valence-corrected chi connectivity index (χ0v) is 14.5. The summed E-state index contributed by atoms with van der Waals surface area (Å²) in [7, 11) is 0. The number of carbonyl (C=O) groups is 2. The van der Waals surface area contributed by atoms with E-state index in [1.807, 2.05) is 30.3 Å². The van der Waals surface area contributed by atoms with Gasteiger partial charge in [0.1, 0.15) is 0 Å². The molecule has 3 rings (SSSR count). The molecule has 0 aliphatic carbocycles. The Bertz CT molecular complexity index is 910. The highest BCUT2D eigenvalue weighted by Gasteiger charge is 2.17. The van der Waals surface area contributed by atoms with Crippen molar-refractivity contribution in [3.8, 4) is 11.4 Å². The van der Waals surface area contributed by atoms with Crippen molar-refractivity contribution in [2.24, 2.45) is 0 Å². The van der Waals surface area contributed by atoms with Crippen molar-refractivity contribution in [3.05, 3.63) is 72.3 Å². The van der Waals surface area contributed by atoms with Crippen LogP contribution in [-0.4, -0.2) is 38.2 Å². The fourth-order valence-electron chi connectivity index (χ4n) is 2.39. The van der Waals surface area contributed by atoms with Crippen molar-refractivity contribution in [1.29, 1.82) is 0 Å². The molecule has 0 bridgehead atoms. The van der Waals surface area contributed by atoms with Gasteiger partial charge >= 0.3 is 0 Å². The summed E-state index contributed by atoms with van der Waals surface area (Å²) >= 11 is 0. The third-order valence-electron chi connectivity index (χ3n) is 3.76. The third-order valence-corrected chi connectivity index (χ3v) is 3.76. The van der Waals surface area contributed by atoms with E-state index >= 15 is 0 Å². The Balaban J connectivity index is 1.48. The molecule has 1 aromatic carbocycles. The van der Waals surface area contributed by atoms with Gasteiger partial charge in [-0.3, -0.25) is 14.6 Å². The smallest absolute Gasteiger partial charge is 0.275 e. The number of carbonyl (C=O) groups excluding carboxylic acids is 2. The third kappa shape index (κ3) is 4.91. The summed E-state index contributed by atoms with van der Waals surface area (Å²) < 4.78 is 1.42. The van der Waals surface area contributed by atoms with Gasteiger partial charge in [-0.25, -0.2) is 4.68 Å². The predicted octanol–water partition coefficient (Wildman–Crippen LogP) is 1.41. The SMILES string of the molecule is O=C(CCNC(=O)c1nn(-c2ccccc2)cc1O)NCc1ccccn1. The van der Waals surface area contributed by atoms with Crippen LogP contribution in [0.5, 0.6) is 5.75 Å². The lowest BCUT2D eigenvalue weighted by Crippen LogP contribution is -2.31. The number of nitrogens with one attached hydrogen (secondary N) is 2. The van der Waals surface area contributed by atoms with Crippen molar-refractivity contribution >= 4 is 11.8 Å². The molecule has 8 heteroatoms. The van der Waals surface area contributed by atoms with Crippen LogP contribution in [0.3, 0.4) is 0 Å². The summed E-state index contributed by atoms with van der Waals surface area (Å²) in [6, 6.07) is 14.6. The Labute approximate surface area is 155 Å². The molecule has 2 aromatic heterocycles. The van der Waals surface area contributed by atoms with Gasteiger partial charge in [0, 0.05) is 19.2 Å². The number of benzene rings is 1. The Morgan fingerprint density at radius 1 is 1.04 bits per heavy atom.